The second-order valence-corrected chi connectivity index (χ2v) is 16.2. The molecule has 0 aliphatic carbocycles. The van der Waals surface area contributed by atoms with E-state index in [1.165, 1.54) is 84.0 Å². The molecule has 2 atom stereocenters. The third-order valence-corrected chi connectivity index (χ3v) is 10.4. The third-order valence-electron chi connectivity index (χ3n) is 10.4. The average molecular weight is 918 g/mol. The fourth-order valence-corrected chi connectivity index (χ4v) is 6.53. The Morgan fingerprint density at radius 3 is 1.45 bits per heavy atom. The minimum Gasteiger partial charge on any atom is -0.481 e. The minimum atomic E-state index is -0.878. The highest BCUT2D eigenvalue weighted by molar-refractivity contribution is 5.83. The lowest BCUT2D eigenvalue weighted by Gasteiger charge is -2.11. The topological polar surface area (TPSA) is 253 Å². The van der Waals surface area contributed by atoms with Crippen LogP contribution < -0.4 is 16.0 Å². The van der Waals surface area contributed by atoms with Gasteiger partial charge in [0.2, 0.25) is 11.8 Å². The van der Waals surface area contributed by atoms with Gasteiger partial charge in [0.25, 0.3) is 0 Å². The Morgan fingerprint density at radius 1 is 0.484 bits per heavy atom. The van der Waals surface area contributed by atoms with Crippen molar-refractivity contribution in [3.8, 4) is 0 Å². The number of Topliss-reactive ketones (excluding diaryl/α,β-unsaturated/α-hetero) is 2. The molecule has 0 heterocycles. The first-order valence-corrected chi connectivity index (χ1v) is 24.0. The predicted molar refractivity (Wildman–Crippen MR) is 245 cm³/mol. The molecule has 0 spiro atoms. The maximum absolute atomic E-state index is 11.8. The van der Waals surface area contributed by atoms with Gasteiger partial charge in [0, 0.05) is 52.3 Å². The highest BCUT2D eigenvalue weighted by Gasteiger charge is 2.18. The van der Waals surface area contributed by atoms with Crippen molar-refractivity contribution in [1.29, 1.82) is 0 Å². The number of carbonyl (C=O) groups is 7. The molecule has 17 nitrogen and oxygen atoms in total. The maximum Gasteiger partial charge on any atom is 0.320 e. The molecule has 0 fully saturated rings. The molecular formula is C47H87N3O14. The molecule has 374 valence electrons. The molecule has 64 heavy (non-hydrogen) atoms. The summed E-state index contributed by atoms with van der Waals surface area (Å²) >= 11 is 0. The number of unbranched alkanes of at least 4 members (excludes halogenated alkanes) is 16. The molecule has 0 aliphatic rings. The average Bonchev–Trinajstić information content (AvgIpc) is 3.25. The van der Waals surface area contributed by atoms with Crippen LogP contribution >= 0.6 is 0 Å². The minimum absolute atomic E-state index is 0.0146. The molecule has 0 aliphatic heterocycles. The maximum atomic E-state index is 11.8. The highest BCUT2D eigenvalue weighted by atomic mass is 16.5. The summed E-state index contributed by atoms with van der Waals surface area (Å²) < 4.78 is 21.1. The van der Waals surface area contributed by atoms with Gasteiger partial charge in [0.15, 0.2) is 5.78 Å². The molecule has 0 saturated carbocycles. The van der Waals surface area contributed by atoms with Gasteiger partial charge in [-0.1, -0.05) is 96.8 Å². The summed E-state index contributed by atoms with van der Waals surface area (Å²) in [6.45, 7) is 6.23. The lowest BCUT2D eigenvalue weighted by atomic mass is 9.97. The molecule has 17 heteroatoms. The molecule has 0 aromatic rings. The Kier molecular flexibility index (Phi) is 46.4. The van der Waals surface area contributed by atoms with Crippen LogP contribution in [-0.4, -0.2) is 136 Å². The van der Waals surface area contributed by atoms with Crippen LogP contribution in [0.25, 0.3) is 0 Å². The van der Waals surface area contributed by atoms with Gasteiger partial charge in [-0.2, -0.15) is 0 Å². The van der Waals surface area contributed by atoms with Gasteiger partial charge in [-0.05, 0) is 52.0 Å². The highest BCUT2D eigenvalue weighted by Crippen LogP contribution is 2.16. The second-order valence-electron chi connectivity index (χ2n) is 16.2. The van der Waals surface area contributed by atoms with E-state index in [-0.39, 0.29) is 49.6 Å². The summed E-state index contributed by atoms with van der Waals surface area (Å²) in [6.07, 6.45) is 23.5. The monoisotopic (exact) mass is 918 g/mol. The number of carboxylic acids is 3. The molecule has 0 bridgehead atoms. The van der Waals surface area contributed by atoms with E-state index < -0.39 is 29.9 Å². The fraction of sp³-hybridized carbons (Fsp3) is 0.851. The van der Waals surface area contributed by atoms with Gasteiger partial charge in [-0.25, -0.2) is 0 Å². The lowest BCUT2D eigenvalue weighted by molar-refractivity contribution is -0.144. The van der Waals surface area contributed by atoms with Crippen LogP contribution in [0.3, 0.4) is 0 Å². The van der Waals surface area contributed by atoms with Crippen molar-refractivity contribution in [1.82, 2.24) is 16.0 Å². The molecule has 2 amide bonds. The normalized spacial score (nSPS) is 11.9. The number of nitrogens with one attached hydrogen (secondary N) is 3. The van der Waals surface area contributed by atoms with Gasteiger partial charge in [0.05, 0.1) is 39.0 Å². The number of ether oxygens (including phenoxy) is 4. The number of hydrogen-bond donors (Lipinski definition) is 6. The Hall–Kier alpha value is -3.51. The Balaban J connectivity index is 0. The number of carboxylic acid groups (broad SMARTS) is 3. The van der Waals surface area contributed by atoms with Crippen LogP contribution in [0.1, 0.15) is 174 Å². The van der Waals surface area contributed by atoms with E-state index in [0.29, 0.717) is 97.5 Å². The zero-order chi connectivity index (χ0) is 47.9. The van der Waals surface area contributed by atoms with Crippen molar-refractivity contribution < 1.29 is 67.8 Å². The first-order valence-electron chi connectivity index (χ1n) is 24.0. The predicted octanol–water partition coefficient (Wildman–Crippen LogP) is 6.66. The summed E-state index contributed by atoms with van der Waals surface area (Å²) in [5.74, 6) is -3.16. The van der Waals surface area contributed by atoms with Crippen LogP contribution in [0.15, 0.2) is 0 Å². The van der Waals surface area contributed by atoms with Gasteiger partial charge < -0.3 is 50.2 Å². The molecule has 0 rings (SSSR count). The van der Waals surface area contributed by atoms with Gasteiger partial charge in [-0.15, -0.1) is 0 Å². The van der Waals surface area contributed by atoms with Crippen molar-refractivity contribution in [2.45, 2.75) is 180 Å². The van der Waals surface area contributed by atoms with Crippen LogP contribution in [-0.2, 0) is 52.5 Å². The van der Waals surface area contributed by atoms with Crippen molar-refractivity contribution in [3.63, 3.8) is 0 Å². The quantitative estimate of drug-likeness (QED) is 0.0349. The Morgan fingerprint density at radius 2 is 0.969 bits per heavy atom. The standard InChI is InChI=1S/C25H46O5.C22H41N3O9/c1-2-22(25(29)30)21-23(26)19-17-15-13-11-9-7-5-3-4-6-8-10-12-14-16-18-20-24(27)28;1-18(26)24-9-11-32-13-14-33-16-19(27)6-5-10-31-12-15-34-17-21(28)25-8-4-3-7-20(23-2)22(29)30/h22H,2-21H2,1H3,(H,27,28)(H,29,30);20,23H,3-17H2,1-2H3,(H,24,26)(H,25,28)(H,29,30)/t22-;20-/m10/s1. The summed E-state index contributed by atoms with van der Waals surface area (Å²) in [4.78, 5) is 78.1. The van der Waals surface area contributed by atoms with E-state index in [4.69, 9.17) is 34.3 Å². The van der Waals surface area contributed by atoms with Crippen LogP contribution in [0.5, 0.6) is 0 Å². The zero-order valence-electron chi connectivity index (χ0n) is 39.7. The number of hydrogen-bond acceptors (Lipinski definition) is 12. The molecule has 0 radical (unpaired) electrons. The van der Waals surface area contributed by atoms with E-state index in [2.05, 4.69) is 16.0 Å². The fourth-order valence-electron chi connectivity index (χ4n) is 6.53. The molecule has 0 aromatic heterocycles. The molecule has 6 N–H and O–H groups in total. The van der Waals surface area contributed by atoms with Crippen molar-refractivity contribution in [2.75, 3.05) is 73.0 Å². The number of aliphatic carboxylic acids is 3. The van der Waals surface area contributed by atoms with E-state index in [0.717, 1.165) is 25.7 Å². The molecular weight excluding hydrogens is 831 g/mol. The number of rotatable bonds is 47. The number of ketones is 2. The molecule has 0 unspecified atom stereocenters. The van der Waals surface area contributed by atoms with Gasteiger partial charge in [0.1, 0.15) is 25.0 Å². The third kappa shape index (κ3) is 48.0. The SMILES string of the molecule is CC[C@H](CC(=O)CCCCCCCCCCCCCCCCCCC(=O)O)C(=O)O.CN[C@@H](CCCCNC(=O)COCCOCCCC(=O)COCCOCCNC(C)=O)C(=O)O. The van der Waals surface area contributed by atoms with Crippen LogP contribution in [0.2, 0.25) is 0 Å². The van der Waals surface area contributed by atoms with E-state index in [9.17, 15) is 33.6 Å². The smallest absolute Gasteiger partial charge is 0.320 e. The van der Waals surface area contributed by atoms with E-state index in [1.54, 1.807) is 7.05 Å². The Labute approximate surface area is 383 Å². The number of amides is 2. The summed E-state index contributed by atoms with van der Waals surface area (Å²) in [5, 5.41) is 34.5. The van der Waals surface area contributed by atoms with E-state index in [1.807, 2.05) is 6.92 Å². The number of likely N-dealkylation sites (N-methyl/N-ethyl adjacent to an activating group) is 1. The summed E-state index contributed by atoms with van der Waals surface area (Å²) in [5.41, 5.74) is 0. The molecule has 0 aromatic carbocycles. The van der Waals surface area contributed by atoms with Crippen LogP contribution in [0, 0.1) is 5.92 Å². The van der Waals surface area contributed by atoms with E-state index >= 15 is 0 Å². The van der Waals surface area contributed by atoms with Crippen molar-refractivity contribution >= 4 is 41.3 Å². The largest absolute Gasteiger partial charge is 0.481 e. The van der Waals surface area contributed by atoms with Crippen molar-refractivity contribution in [2.24, 2.45) is 5.92 Å². The first kappa shape index (κ1) is 62.6. The van der Waals surface area contributed by atoms with Gasteiger partial charge in [-0.3, -0.25) is 33.6 Å². The summed E-state index contributed by atoms with van der Waals surface area (Å²) in [6, 6.07) is -0.565. The van der Waals surface area contributed by atoms with Gasteiger partial charge >= 0.3 is 17.9 Å². The second kappa shape index (κ2) is 47.5. The summed E-state index contributed by atoms with van der Waals surface area (Å²) in [7, 11) is 1.61. The lowest BCUT2D eigenvalue weighted by Crippen LogP contribution is -2.34. The van der Waals surface area contributed by atoms with Crippen LogP contribution in [0.4, 0.5) is 0 Å². The number of carbonyl (C=O) groups excluding carboxylic acids is 4. The van der Waals surface area contributed by atoms with Crippen molar-refractivity contribution in [3.05, 3.63) is 0 Å². The zero-order valence-corrected chi connectivity index (χ0v) is 39.7. The molecule has 0 saturated heterocycles. The first-order chi connectivity index (χ1) is 30.8. The Bertz CT molecular complexity index is 1210.